The number of aliphatic hydroxyl groups is 3. The average molecular weight is 879 g/mol. The molecule has 7 heteroatoms. The molecule has 0 spiro atoms. The summed E-state index contributed by atoms with van der Waals surface area (Å²) in [6, 6.07) is 0. The Hall–Kier alpha value is -1.77. The van der Waals surface area contributed by atoms with Crippen molar-refractivity contribution in [2.45, 2.75) is 239 Å². The lowest BCUT2D eigenvalue weighted by Gasteiger charge is -2.58. The highest BCUT2D eigenvalue weighted by Crippen LogP contribution is 2.67. The van der Waals surface area contributed by atoms with E-state index in [1.165, 1.54) is 82.6 Å². The van der Waals surface area contributed by atoms with Crippen molar-refractivity contribution in [2.75, 3.05) is 6.61 Å². The summed E-state index contributed by atoms with van der Waals surface area (Å²) in [7, 11) is 0. The molecule has 3 N–H and O–H groups in total. The number of fused-ring (bicyclic) bond motifs is 5. The standard InChI is InChI=1S/C56H94O7/c1-8-9-10-11-12-13-14-15-16-17-18-19-20-21-22-23-24-25-26-27-50(57)61-39-49-51(58)52(59)53(60)54(63-49)62-44-34-36-55(6)43(38-44)30-31-45-47-33-32-46(56(47,7)37-35-48(45)55)42(5)29-28-41(4)40(2)3/h12-13,15-16,18-19,30,40-42,44-49,51-54,58-60H,8-11,14,17,20-29,31-39H2,1-7H3/b13-12-,16-15-,19-18-. The van der Waals surface area contributed by atoms with Gasteiger partial charge in [-0.2, -0.15) is 0 Å². The third-order valence-corrected chi connectivity index (χ3v) is 17.5. The number of hydrogen-bond donors (Lipinski definition) is 3. The van der Waals surface area contributed by atoms with Crippen molar-refractivity contribution in [1.29, 1.82) is 0 Å². The first-order valence-corrected chi connectivity index (χ1v) is 26.4. The van der Waals surface area contributed by atoms with Crippen molar-refractivity contribution >= 4 is 5.97 Å². The molecule has 360 valence electrons. The minimum Gasteiger partial charge on any atom is -0.463 e. The summed E-state index contributed by atoms with van der Waals surface area (Å²) >= 11 is 0. The van der Waals surface area contributed by atoms with Crippen molar-refractivity contribution < 1.29 is 34.3 Å². The first kappa shape index (κ1) is 52.2. The van der Waals surface area contributed by atoms with E-state index < -0.39 is 30.7 Å². The van der Waals surface area contributed by atoms with E-state index >= 15 is 0 Å². The van der Waals surface area contributed by atoms with Gasteiger partial charge in [-0.15, -0.1) is 0 Å². The Balaban J connectivity index is 0.976. The van der Waals surface area contributed by atoms with E-state index in [-0.39, 0.29) is 24.1 Å². The average Bonchev–Trinajstić information content (AvgIpc) is 3.63. The van der Waals surface area contributed by atoms with Gasteiger partial charge in [-0.3, -0.25) is 4.79 Å². The second-order valence-corrected chi connectivity index (χ2v) is 22.0. The van der Waals surface area contributed by atoms with Gasteiger partial charge in [-0.25, -0.2) is 0 Å². The first-order valence-electron chi connectivity index (χ1n) is 26.4. The fourth-order valence-corrected chi connectivity index (χ4v) is 12.9. The molecule has 0 amide bonds. The number of ether oxygens (including phenoxy) is 3. The zero-order valence-electron chi connectivity index (χ0n) is 41.2. The van der Waals surface area contributed by atoms with Gasteiger partial charge in [0.1, 0.15) is 31.0 Å². The molecule has 5 rings (SSSR count). The van der Waals surface area contributed by atoms with E-state index in [1.807, 2.05) is 0 Å². The third kappa shape index (κ3) is 14.4. The van der Waals surface area contributed by atoms with E-state index in [9.17, 15) is 20.1 Å². The Morgan fingerprint density at radius 2 is 1.44 bits per heavy atom. The zero-order chi connectivity index (χ0) is 45.4. The Morgan fingerprint density at radius 3 is 2.14 bits per heavy atom. The van der Waals surface area contributed by atoms with Gasteiger partial charge >= 0.3 is 5.97 Å². The fraction of sp³-hybridized carbons (Fsp3) is 0.839. The maximum Gasteiger partial charge on any atom is 0.305 e. The first-order chi connectivity index (χ1) is 30.3. The minimum atomic E-state index is -1.45. The third-order valence-electron chi connectivity index (χ3n) is 17.5. The molecule has 0 aromatic carbocycles. The molecular formula is C56H94O7. The van der Waals surface area contributed by atoms with Gasteiger partial charge in [-0.05, 0) is 149 Å². The van der Waals surface area contributed by atoms with Crippen LogP contribution >= 0.6 is 0 Å². The van der Waals surface area contributed by atoms with Crippen molar-refractivity contribution in [2.24, 2.45) is 52.3 Å². The molecule has 7 nitrogen and oxygen atoms in total. The van der Waals surface area contributed by atoms with Gasteiger partial charge in [0.05, 0.1) is 6.10 Å². The molecular weight excluding hydrogens is 785 g/mol. The van der Waals surface area contributed by atoms with Gasteiger partial charge < -0.3 is 29.5 Å². The monoisotopic (exact) mass is 879 g/mol. The number of esters is 1. The van der Waals surface area contributed by atoms with Crippen LogP contribution in [-0.2, 0) is 19.0 Å². The van der Waals surface area contributed by atoms with Crippen LogP contribution in [0.3, 0.4) is 0 Å². The maximum absolute atomic E-state index is 12.7. The molecule has 0 aromatic heterocycles. The van der Waals surface area contributed by atoms with E-state index in [4.69, 9.17) is 14.2 Å². The molecule has 14 atom stereocenters. The van der Waals surface area contributed by atoms with Crippen LogP contribution in [0.2, 0.25) is 0 Å². The molecule has 1 saturated heterocycles. The molecule has 63 heavy (non-hydrogen) atoms. The number of rotatable bonds is 26. The number of aliphatic hydroxyl groups excluding tert-OH is 3. The quantitative estimate of drug-likeness (QED) is 0.0451. The molecule has 1 heterocycles. The molecule has 3 saturated carbocycles. The van der Waals surface area contributed by atoms with Crippen LogP contribution < -0.4 is 0 Å². The summed E-state index contributed by atoms with van der Waals surface area (Å²) in [6.45, 7) is 17.0. The summed E-state index contributed by atoms with van der Waals surface area (Å²) < 4.78 is 18.1. The lowest BCUT2D eigenvalue weighted by atomic mass is 9.47. The predicted molar refractivity (Wildman–Crippen MR) is 258 cm³/mol. The van der Waals surface area contributed by atoms with Crippen LogP contribution in [0, 0.1) is 52.3 Å². The lowest BCUT2D eigenvalue weighted by molar-refractivity contribution is -0.313. The molecule has 0 aromatic rings. The summed E-state index contributed by atoms with van der Waals surface area (Å²) in [4.78, 5) is 12.7. The Labute approximate surface area is 385 Å². The molecule has 4 aliphatic carbocycles. The highest BCUT2D eigenvalue weighted by atomic mass is 16.7. The second kappa shape index (κ2) is 26.0. The summed E-state index contributed by atoms with van der Waals surface area (Å²) in [5.41, 5.74) is 2.11. The van der Waals surface area contributed by atoms with Crippen LogP contribution in [0.5, 0.6) is 0 Å². The highest BCUT2D eigenvalue weighted by molar-refractivity contribution is 5.69. The summed E-state index contributed by atoms with van der Waals surface area (Å²) in [5.74, 6) is 5.12. The Bertz CT molecular complexity index is 1470. The zero-order valence-corrected chi connectivity index (χ0v) is 41.2. The number of carbonyl (C=O) groups excluding carboxylic acids is 1. The SMILES string of the molecule is CCCCC/C=C\C/C=C\C/C=C\CCCCCCCCC(=O)OCC1OC(OC2CCC3(C)C(=CCC4C3CCC3(C)C(C(C)CCC(C)C(C)C)CCC43)C2)C(O)C(O)C1O. The normalized spacial score (nSPS) is 35.5. The van der Waals surface area contributed by atoms with Gasteiger partial charge in [0.25, 0.3) is 0 Å². The summed E-state index contributed by atoms with van der Waals surface area (Å²) in [6.07, 6.45) is 36.7. The molecule has 14 unspecified atom stereocenters. The second-order valence-electron chi connectivity index (χ2n) is 22.0. The number of hydrogen-bond acceptors (Lipinski definition) is 7. The van der Waals surface area contributed by atoms with Crippen molar-refractivity contribution in [3.63, 3.8) is 0 Å². The maximum atomic E-state index is 12.7. The lowest BCUT2D eigenvalue weighted by Crippen LogP contribution is -2.60. The van der Waals surface area contributed by atoms with Crippen molar-refractivity contribution in [1.82, 2.24) is 0 Å². The minimum absolute atomic E-state index is 0.147. The van der Waals surface area contributed by atoms with Crippen LogP contribution in [0.1, 0.15) is 203 Å². The Kier molecular flexibility index (Phi) is 21.5. The van der Waals surface area contributed by atoms with Crippen molar-refractivity contribution in [3.8, 4) is 0 Å². The number of carbonyl (C=O) groups is 1. The molecule has 4 fully saturated rings. The van der Waals surface area contributed by atoms with E-state index in [0.717, 1.165) is 106 Å². The smallest absolute Gasteiger partial charge is 0.305 e. The largest absolute Gasteiger partial charge is 0.463 e. The topological polar surface area (TPSA) is 105 Å². The van der Waals surface area contributed by atoms with Gasteiger partial charge in [0.2, 0.25) is 0 Å². The predicted octanol–water partition coefficient (Wildman–Crippen LogP) is 13.2. The number of unbranched alkanes of at least 4 members (excludes halogenated alkanes) is 9. The van der Waals surface area contributed by atoms with Crippen LogP contribution in [0.25, 0.3) is 0 Å². The fourth-order valence-electron chi connectivity index (χ4n) is 12.9. The van der Waals surface area contributed by atoms with Crippen molar-refractivity contribution in [3.05, 3.63) is 48.1 Å². The molecule has 5 aliphatic rings. The molecule has 1 aliphatic heterocycles. The molecule has 0 bridgehead atoms. The van der Waals surface area contributed by atoms with Crippen LogP contribution in [0.4, 0.5) is 0 Å². The Morgan fingerprint density at radius 1 is 0.778 bits per heavy atom. The van der Waals surface area contributed by atoms with Gasteiger partial charge in [0, 0.05) is 6.42 Å². The van der Waals surface area contributed by atoms with Crippen LogP contribution in [-0.4, -0.2) is 64.7 Å². The van der Waals surface area contributed by atoms with Gasteiger partial charge in [0.15, 0.2) is 6.29 Å². The molecule has 0 radical (unpaired) electrons. The van der Waals surface area contributed by atoms with E-state index in [0.29, 0.717) is 17.8 Å². The van der Waals surface area contributed by atoms with E-state index in [1.54, 1.807) is 0 Å². The van der Waals surface area contributed by atoms with Crippen LogP contribution in [0.15, 0.2) is 48.1 Å². The van der Waals surface area contributed by atoms with Gasteiger partial charge in [-0.1, -0.05) is 148 Å². The number of allylic oxidation sites excluding steroid dienone is 7. The summed E-state index contributed by atoms with van der Waals surface area (Å²) in [5, 5.41) is 32.6. The highest BCUT2D eigenvalue weighted by Gasteiger charge is 2.59. The van der Waals surface area contributed by atoms with E-state index in [2.05, 4.69) is 91.0 Å².